The first-order valence-electron chi connectivity index (χ1n) is 2.82. The average molecular weight is 149 g/mol. The van der Waals surface area contributed by atoms with Gasteiger partial charge in [0.1, 0.15) is 0 Å². The van der Waals surface area contributed by atoms with E-state index >= 15 is 0 Å². The predicted molar refractivity (Wildman–Crippen MR) is 36.0 cm³/mol. The van der Waals surface area contributed by atoms with Gasteiger partial charge in [-0.1, -0.05) is 0 Å². The molecule has 0 aromatic rings. The molecule has 0 spiro atoms. The summed E-state index contributed by atoms with van der Waals surface area (Å²) in [6, 6.07) is 0. The molecule has 0 saturated carbocycles. The Hall–Kier alpha value is 0.0969. The summed E-state index contributed by atoms with van der Waals surface area (Å²) in [4.78, 5) is 0. The van der Waals surface area contributed by atoms with Crippen LogP contribution in [0.2, 0.25) is 0 Å². The Morgan fingerprint density at radius 1 is 1.11 bits per heavy atom. The zero-order valence-electron chi connectivity index (χ0n) is 6.30. The van der Waals surface area contributed by atoms with Crippen molar-refractivity contribution in [3.05, 3.63) is 0 Å². The Morgan fingerprint density at radius 2 is 1.56 bits per heavy atom. The monoisotopic (exact) mass is 149 g/mol. The topological polar surface area (TPSA) is 27.7 Å². The normalized spacial score (nSPS) is 11.3. The Bertz CT molecular complexity index is 63.2. The van der Waals surface area contributed by atoms with E-state index in [0.29, 0.717) is 0 Å². The zero-order chi connectivity index (χ0) is 7.28. The van der Waals surface area contributed by atoms with E-state index in [0.717, 1.165) is 0 Å². The van der Waals surface area contributed by atoms with E-state index in [1.807, 2.05) is 13.8 Å². The van der Waals surface area contributed by atoms with Gasteiger partial charge in [0.25, 0.3) is 0 Å². The molecule has 0 heterocycles. The van der Waals surface area contributed by atoms with E-state index in [-0.39, 0.29) is 6.10 Å². The molecule has 0 bridgehead atoms. The van der Waals surface area contributed by atoms with Gasteiger partial charge in [0.05, 0.1) is 0 Å². The molecule has 0 rings (SSSR count). The third kappa shape index (κ3) is 4.59. The standard InChI is InChI=1S/C5H13O3Si/c1-5(2)8-9(6-3)7-4/h5H,1-4H3. The molecule has 0 atom stereocenters. The van der Waals surface area contributed by atoms with Crippen LogP contribution >= 0.6 is 0 Å². The van der Waals surface area contributed by atoms with Crippen LogP contribution in [-0.4, -0.2) is 29.9 Å². The molecule has 3 nitrogen and oxygen atoms in total. The van der Waals surface area contributed by atoms with Crippen molar-refractivity contribution >= 4 is 9.53 Å². The van der Waals surface area contributed by atoms with Gasteiger partial charge in [-0.2, -0.15) is 0 Å². The van der Waals surface area contributed by atoms with E-state index in [2.05, 4.69) is 0 Å². The van der Waals surface area contributed by atoms with Gasteiger partial charge >= 0.3 is 9.53 Å². The van der Waals surface area contributed by atoms with E-state index < -0.39 is 9.53 Å². The fourth-order valence-corrected chi connectivity index (χ4v) is 1.12. The highest BCUT2D eigenvalue weighted by atomic mass is 28.3. The van der Waals surface area contributed by atoms with Crippen molar-refractivity contribution in [2.75, 3.05) is 14.2 Å². The first-order valence-corrected chi connectivity index (χ1v) is 4.04. The van der Waals surface area contributed by atoms with Gasteiger partial charge in [0.15, 0.2) is 0 Å². The van der Waals surface area contributed by atoms with Crippen molar-refractivity contribution in [1.82, 2.24) is 0 Å². The first-order chi connectivity index (χ1) is 4.20. The average Bonchev–Trinajstić information content (AvgIpc) is 1.82. The summed E-state index contributed by atoms with van der Waals surface area (Å²) < 4.78 is 14.9. The van der Waals surface area contributed by atoms with Gasteiger partial charge in [-0.3, -0.25) is 0 Å². The molecular weight excluding hydrogens is 136 g/mol. The lowest BCUT2D eigenvalue weighted by atomic mass is 10.5. The molecule has 9 heavy (non-hydrogen) atoms. The second-order valence-corrected chi connectivity index (χ2v) is 3.38. The van der Waals surface area contributed by atoms with Gasteiger partial charge < -0.3 is 13.3 Å². The molecule has 0 aliphatic heterocycles. The van der Waals surface area contributed by atoms with Crippen LogP contribution in [0.15, 0.2) is 0 Å². The summed E-state index contributed by atoms with van der Waals surface area (Å²) in [5.41, 5.74) is 0. The smallest absolute Gasteiger partial charge is 0.375 e. The predicted octanol–water partition coefficient (Wildman–Crippen LogP) is 0.689. The number of hydrogen-bond acceptors (Lipinski definition) is 3. The van der Waals surface area contributed by atoms with Crippen molar-refractivity contribution in [3.8, 4) is 0 Å². The second kappa shape index (κ2) is 4.93. The lowest BCUT2D eigenvalue weighted by Gasteiger charge is -2.11. The minimum atomic E-state index is -1.42. The van der Waals surface area contributed by atoms with Crippen LogP contribution in [0.4, 0.5) is 0 Å². The van der Waals surface area contributed by atoms with Crippen molar-refractivity contribution in [1.29, 1.82) is 0 Å². The second-order valence-electron chi connectivity index (χ2n) is 1.82. The molecule has 0 fully saturated rings. The van der Waals surface area contributed by atoms with Gasteiger partial charge in [0.2, 0.25) is 0 Å². The minimum absolute atomic E-state index is 0.179. The molecule has 0 N–H and O–H groups in total. The summed E-state index contributed by atoms with van der Waals surface area (Å²) >= 11 is 0. The van der Waals surface area contributed by atoms with E-state index in [4.69, 9.17) is 13.3 Å². The summed E-state index contributed by atoms with van der Waals surface area (Å²) in [5.74, 6) is 0. The van der Waals surface area contributed by atoms with Crippen LogP contribution in [0.3, 0.4) is 0 Å². The maximum atomic E-state index is 5.21. The zero-order valence-corrected chi connectivity index (χ0v) is 7.30. The summed E-state index contributed by atoms with van der Waals surface area (Å²) in [5, 5.41) is 0. The molecule has 0 aliphatic carbocycles. The van der Waals surface area contributed by atoms with Crippen LogP contribution in [0.25, 0.3) is 0 Å². The fraction of sp³-hybridized carbons (Fsp3) is 1.00. The maximum absolute atomic E-state index is 5.21. The lowest BCUT2D eigenvalue weighted by Crippen LogP contribution is -2.27. The van der Waals surface area contributed by atoms with Crippen LogP contribution in [0, 0.1) is 0 Å². The van der Waals surface area contributed by atoms with Gasteiger partial charge in [-0.05, 0) is 13.8 Å². The van der Waals surface area contributed by atoms with Crippen LogP contribution in [0.5, 0.6) is 0 Å². The molecule has 4 heteroatoms. The van der Waals surface area contributed by atoms with Crippen LogP contribution in [-0.2, 0) is 13.3 Å². The number of hydrogen-bond donors (Lipinski definition) is 0. The Morgan fingerprint density at radius 3 is 1.67 bits per heavy atom. The van der Waals surface area contributed by atoms with E-state index in [1.54, 1.807) is 14.2 Å². The summed E-state index contributed by atoms with van der Waals surface area (Å²) in [6.45, 7) is 3.89. The minimum Gasteiger partial charge on any atom is -0.375 e. The Kier molecular flexibility index (Phi) is 4.98. The molecule has 1 radical (unpaired) electrons. The highest BCUT2D eigenvalue weighted by Gasteiger charge is 2.15. The third-order valence-corrected chi connectivity index (χ3v) is 2.00. The van der Waals surface area contributed by atoms with E-state index in [9.17, 15) is 0 Å². The third-order valence-electron chi connectivity index (χ3n) is 0.665. The fourth-order valence-electron chi connectivity index (χ4n) is 0.372. The van der Waals surface area contributed by atoms with Crippen molar-refractivity contribution in [2.24, 2.45) is 0 Å². The Balaban J connectivity index is 3.31. The van der Waals surface area contributed by atoms with Crippen LogP contribution in [0.1, 0.15) is 13.8 Å². The molecule has 0 aromatic heterocycles. The molecule has 55 valence electrons. The number of rotatable bonds is 4. The summed E-state index contributed by atoms with van der Waals surface area (Å²) in [7, 11) is 1.74. The SMILES string of the molecule is CO[Si](OC)OC(C)C. The molecule has 0 saturated heterocycles. The molecule has 0 aromatic carbocycles. The van der Waals surface area contributed by atoms with Gasteiger partial charge in [-0.15, -0.1) is 0 Å². The molecule has 0 unspecified atom stereocenters. The lowest BCUT2D eigenvalue weighted by molar-refractivity contribution is 0.104. The molecule has 0 aliphatic rings. The quantitative estimate of drug-likeness (QED) is 0.550. The van der Waals surface area contributed by atoms with Crippen molar-refractivity contribution in [3.63, 3.8) is 0 Å². The van der Waals surface area contributed by atoms with Crippen molar-refractivity contribution in [2.45, 2.75) is 20.0 Å². The van der Waals surface area contributed by atoms with Crippen LogP contribution < -0.4 is 0 Å². The van der Waals surface area contributed by atoms with Crippen molar-refractivity contribution < 1.29 is 13.3 Å². The molecule has 0 amide bonds. The highest BCUT2D eigenvalue weighted by Crippen LogP contribution is 1.93. The van der Waals surface area contributed by atoms with Gasteiger partial charge in [-0.25, -0.2) is 0 Å². The Labute approximate surface area is 57.9 Å². The maximum Gasteiger partial charge on any atom is 0.577 e. The first kappa shape index (κ1) is 9.10. The van der Waals surface area contributed by atoms with E-state index in [1.165, 1.54) is 0 Å². The highest BCUT2D eigenvalue weighted by molar-refractivity contribution is 6.36. The van der Waals surface area contributed by atoms with Gasteiger partial charge in [0, 0.05) is 20.3 Å². The summed E-state index contributed by atoms with van der Waals surface area (Å²) in [6.07, 6.45) is 0.179. The largest absolute Gasteiger partial charge is 0.577 e. The molecular formula is C5H13O3Si.